The molecule has 14 heavy (non-hydrogen) atoms. The van der Waals surface area contributed by atoms with E-state index in [1.165, 1.54) is 5.56 Å². The maximum Gasteiger partial charge on any atom is 0.123 e. The first kappa shape index (κ1) is 11.1. The predicted molar refractivity (Wildman–Crippen MR) is 63.2 cm³/mol. The third-order valence-electron chi connectivity index (χ3n) is 1.95. The molecule has 0 aromatic heterocycles. The van der Waals surface area contributed by atoms with Gasteiger partial charge < -0.3 is 5.73 Å². The quantitative estimate of drug-likeness (QED) is 0.454. The summed E-state index contributed by atoms with van der Waals surface area (Å²) in [6.07, 6.45) is 1.14. The zero-order valence-corrected chi connectivity index (χ0v) is 9.45. The van der Waals surface area contributed by atoms with E-state index in [-0.39, 0.29) is 5.84 Å². The molecular formula is C11H16N2S. The highest BCUT2D eigenvalue weighted by Gasteiger charge is 2.07. The van der Waals surface area contributed by atoms with E-state index in [1.807, 2.05) is 12.1 Å². The van der Waals surface area contributed by atoms with Crippen LogP contribution in [-0.2, 0) is 0 Å². The summed E-state index contributed by atoms with van der Waals surface area (Å²) in [5, 5.41) is 7.47. The predicted octanol–water partition coefficient (Wildman–Crippen LogP) is 2.78. The highest BCUT2D eigenvalue weighted by Crippen LogP contribution is 2.26. The number of thioether (sulfide) groups is 1. The van der Waals surface area contributed by atoms with Gasteiger partial charge in [-0.05, 0) is 24.7 Å². The second-order valence-corrected chi connectivity index (χ2v) is 4.32. The fraction of sp³-hybridized carbons (Fsp3) is 0.364. The Hall–Kier alpha value is -0.960. The molecule has 0 heterocycles. The Kier molecular flexibility index (Phi) is 4.01. The Morgan fingerprint density at radius 2 is 2.21 bits per heavy atom. The van der Waals surface area contributed by atoms with E-state index in [1.54, 1.807) is 11.8 Å². The minimum Gasteiger partial charge on any atom is -0.384 e. The number of aryl methyl sites for hydroxylation is 1. The molecule has 0 spiro atoms. The van der Waals surface area contributed by atoms with Gasteiger partial charge in [0.15, 0.2) is 0 Å². The van der Waals surface area contributed by atoms with Crippen LogP contribution in [0.5, 0.6) is 0 Å². The van der Waals surface area contributed by atoms with Gasteiger partial charge in [0.1, 0.15) is 5.84 Å². The molecule has 0 saturated carbocycles. The molecule has 0 fully saturated rings. The lowest BCUT2D eigenvalue weighted by atomic mass is 10.1. The second-order valence-electron chi connectivity index (χ2n) is 3.21. The molecule has 0 saturated heterocycles. The van der Waals surface area contributed by atoms with Crippen molar-refractivity contribution in [1.82, 2.24) is 0 Å². The van der Waals surface area contributed by atoms with Crippen molar-refractivity contribution in [1.29, 1.82) is 5.41 Å². The topological polar surface area (TPSA) is 49.9 Å². The number of nitrogens with two attached hydrogens (primary N) is 1. The number of hydrogen-bond donors (Lipinski definition) is 2. The summed E-state index contributed by atoms with van der Waals surface area (Å²) in [6.45, 7) is 4.21. The Labute approximate surface area is 89.4 Å². The minimum absolute atomic E-state index is 0.160. The van der Waals surface area contributed by atoms with Crippen molar-refractivity contribution >= 4 is 17.6 Å². The lowest BCUT2D eigenvalue weighted by Crippen LogP contribution is -2.12. The van der Waals surface area contributed by atoms with Crippen molar-refractivity contribution in [2.75, 3.05) is 5.75 Å². The number of benzene rings is 1. The number of amidine groups is 1. The summed E-state index contributed by atoms with van der Waals surface area (Å²) in [6, 6.07) is 5.92. The van der Waals surface area contributed by atoms with E-state index in [0.29, 0.717) is 0 Å². The maximum atomic E-state index is 7.47. The Balaban J connectivity index is 3.02. The van der Waals surface area contributed by atoms with E-state index in [2.05, 4.69) is 19.9 Å². The molecule has 0 aliphatic heterocycles. The molecule has 0 unspecified atom stereocenters. The molecule has 0 atom stereocenters. The Morgan fingerprint density at radius 3 is 2.79 bits per heavy atom. The van der Waals surface area contributed by atoms with Crippen LogP contribution in [0.3, 0.4) is 0 Å². The molecular weight excluding hydrogens is 192 g/mol. The van der Waals surface area contributed by atoms with Gasteiger partial charge in [-0.3, -0.25) is 5.41 Å². The fourth-order valence-corrected chi connectivity index (χ4v) is 2.30. The molecule has 76 valence electrons. The van der Waals surface area contributed by atoms with Crippen LogP contribution in [-0.4, -0.2) is 11.6 Å². The lowest BCUT2D eigenvalue weighted by molar-refractivity contribution is 1.10. The molecule has 3 N–H and O–H groups in total. The minimum atomic E-state index is 0.160. The highest BCUT2D eigenvalue weighted by atomic mass is 32.2. The summed E-state index contributed by atoms with van der Waals surface area (Å²) < 4.78 is 0. The van der Waals surface area contributed by atoms with Gasteiger partial charge in [-0.1, -0.05) is 25.1 Å². The summed E-state index contributed by atoms with van der Waals surface area (Å²) in [5.41, 5.74) is 7.59. The number of rotatable bonds is 4. The molecule has 1 aromatic rings. The average Bonchev–Trinajstić information content (AvgIpc) is 2.15. The second kappa shape index (κ2) is 5.05. The molecule has 1 rings (SSSR count). The molecule has 0 aliphatic rings. The van der Waals surface area contributed by atoms with Crippen LogP contribution in [0.4, 0.5) is 0 Å². The van der Waals surface area contributed by atoms with Crippen LogP contribution in [0.25, 0.3) is 0 Å². The van der Waals surface area contributed by atoms with Gasteiger partial charge in [0.25, 0.3) is 0 Å². The normalized spacial score (nSPS) is 10.1. The van der Waals surface area contributed by atoms with Crippen molar-refractivity contribution in [2.24, 2.45) is 5.73 Å². The summed E-state index contributed by atoms with van der Waals surface area (Å²) in [7, 11) is 0. The van der Waals surface area contributed by atoms with Gasteiger partial charge in [-0.15, -0.1) is 11.8 Å². The number of hydrogen-bond acceptors (Lipinski definition) is 2. The monoisotopic (exact) mass is 208 g/mol. The number of nitrogen functional groups attached to an aromatic ring is 1. The molecule has 3 heteroatoms. The molecule has 2 nitrogen and oxygen atoms in total. The summed E-state index contributed by atoms with van der Waals surface area (Å²) >= 11 is 1.78. The van der Waals surface area contributed by atoms with Gasteiger partial charge in [0.05, 0.1) is 0 Å². The summed E-state index contributed by atoms with van der Waals surface area (Å²) in [5.74, 6) is 1.23. The summed E-state index contributed by atoms with van der Waals surface area (Å²) in [4.78, 5) is 1.15. The Bertz CT molecular complexity index is 334. The van der Waals surface area contributed by atoms with Gasteiger partial charge >= 0.3 is 0 Å². The first-order chi connectivity index (χ1) is 6.66. The van der Waals surface area contributed by atoms with Crippen LogP contribution < -0.4 is 5.73 Å². The van der Waals surface area contributed by atoms with Crippen LogP contribution >= 0.6 is 11.8 Å². The first-order valence-corrected chi connectivity index (χ1v) is 5.72. The molecule has 1 aromatic carbocycles. The van der Waals surface area contributed by atoms with Gasteiger partial charge in [0, 0.05) is 10.5 Å². The van der Waals surface area contributed by atoms with Crippen molar-refractivity contribution in [2.45, 2.75) is 25.2 Å². The lowest BCUT2D eigenvalue weighted by Gasteiger charge is -2.10. The van der Waals surface area contributed by atoms with E-state index in [4.69, 9.17) is 11.1 Å². The van der Waals surface area contributed by atoms with E-state index in [0.717, 1.165) is 22.6 Å². The van der Waals surface area contributed by atoms with Crippen molar-refractivity contribution in [3.8, 4) is 0 Å². The van der Waals surface area contributed by atoms with E-state index >= 15 is 0 Å². The van der Waals surface area contributed by atoms with Crippen molar-refractivity contribution in [3.05, 3.63) is 29.3 Å². The smallest absolute Gasteiger partial charge is 0.123 e. The molecule has 0 aliphatic carbocycles. The van der Waals surface area contributed by atoms with Crippen molar-refractivity contribution < 1.29 is 0 Å². The third-order valence-corrected chi connectivity index (χ3v) is 3.40. The first-order valence-electron chi connectivity index (χ1n) is 4.73. The average molecular weight is 208 g/mol. The fourth-order valence-electron chi connectivity index (χ4n) is 1.26. The van der Waals surface area contributed by atoms with Gasteiger partial charge in [-0.25, -0.2) is 0 Å². The zero-order chi connectivity index (χ0) is 10.6. The molecule has 0 bridgehead atoms. The maximum absolute atomic E-state index is 7.47. The van der Waals surface area contributed by atoms with Crippen LogP contribution in [0, 0.1) is 12.3 Å². The number of nitrogens with one attached hydrogen (secondary N) is 1. The van der Waals surface area contributed by atoms with Crippen LogP contribution in [0.15, 0.2) is 23.1 Å². The molecule has 0 radical (unpaired) electrons. The van der Waals surface area contributed by atoms with E-state index < -0.39 is 0 Å². The SMILES string of the molecule is CCCSc1c(C)cccc1C(=N)N. The zero-order valence-electron chi connectivity index (χ0n) is 8.63. The molecule has 0 amide bonds. The highest BCUT2D eigenvalue weighted by molar-refractivity contribution is 7.99. The van der Waals surface area contributed by atoms with Crippen molar-refractivity contribution in [3.63, 3.8) is 0 Å². The third kappa shape index (κ3) is 2.51. The van der Waals surface area contributed by atoms with Crippen LogP contribution in [0.1, 0.15) is 24.5 Å². The van der Waals surface area contributed by atoms with E-state index in [9.17, 15) is 0 Å². The standard InChI is InChI=1S/C11H16N2S/c1-3-7-14-10-8(2)5-4-6-9(10)11(12)13/h4-6H,3,7H2,1-2H3,(H3,12,13). The Morgan fingerprint density at radius 1 is 1.50 bits per heavy atom. The van der Waals surface area contributed by atoms with Crippen LogP contribution in [0.2, 0.25) is 0 Å². The van der Waals surface area contributed by atoms with Gasteiger partial charge in [0.2, 0.25) is 0 Å². The van der Waals surface area contributed by atoms with Gasteiger partial charge in [-0.2, -0.15) is 0 Å². The largest absolute Gasteiger partial charge is 0.384 e.